The van der Waals surface area contributed by atoms with Gasteiger partial charge in [-0.25, -0.2) is 0 Å². The molecule has 3 rings (SSSR count). The number of hydrogen-bond donors (Lipinski definition) is 0. The van der Waals surface area contributed by atoms with Gasteiger partial charge in [-0.05, 0) is 23.5 Å². The van der Waals surface area contributed by atoms with Gasteiger partial charge in [-0.1, -0.05) is 38.1 Å². The van der Waals surface area contributed by atoms with Crippen LogP contribution in [0.1, 0.15) is 43.2 Å². The molecule has 2 bridgehead atoms. The van der Waals surface area contributed by atoms with Gasteiger partial charge in [0.15, 0.2) is 0 Å². The van der Waals surface area contributed by atoms with Gasteiger partial charge in [-0.3, -0.25) is 4.79 Å². The minimum atomic E-state index is -0.126. The minimum Gasteiger partial charge on any atom is -0.298 e. The first-order valence-electron chi connectivity index (χ1n) is 5.25. The van der Waals surface area contributed by atoms with Crippen LogP contribution < -0.4 is 0 Å². The van der Waals surface area contributed by atoms with Crippen molar-refractivity contribution in [2.75, 3.05) is 0 Å². The largest absolute Gasteiger partial charge is 0.298 e. The van der Waals surface area contributed by atoms with E-state index in [1.165, 1.54) is 11.1 Å². The Morgan fingerprint density at radius 3 is 2.57 bits per heavy atom. The molecule has 1 heteroatoms. The molecule has 14 heavy (non-hydrogen) atoms. The van der Waals surface area contributed by atoms with Gasteiger partial charge in [0.05, 0.1) is 0 Å². The molecule has 1 nitrogen and oxygen atoms in total. The lowest BCUT2D eigenvalue weighted by Crippen LogP contribution is -2.29. The van der Waals surface area contributed by atoms with E-state index in [2.05, 4.69) is 32.0 Å². The lowest BCUT2D eigenvalue weighted by atomic mass is 9.73. The van der Waals surface area contributed by atoms with Crippen LogP contribution in [0, 0.1) is 5.41 Å². The highest BCUT2D eigenvalue weighted by atomic mass is 16.1. The maximum atomic E-state index is 12.1. The number of ketones is 1. The quantitative estimate of drug-likeness (QED) is 0.609. The SMILES string of the molecule is CC1(C)C(=O)C2CC1c1ccccc12. The van der Waals surface area contributed by atoms with Gasteiger partial charge >= 0.3 is 0 Å². The zero-order valence-corrected chi connectivity index (χ0v) is 8.58. The molecule has 2 aliphatic rings. The summed E-state index contributed by atoms with van der Waals surface area (Å²) in [7, 11) is 0. The summed E-state index contributed by atoms with van der Waals surface area (Å²) in [5.41, 5.74) is 2.59. The van der Waals surface area contributed by atoms with Gasteiger partial charge in [0, 0.05) is 11.3 Å². The van der Waals surface area contributed by atoms with Crippen LogP contribution in [0.25, 0.3) is 0 Å². The molecule has 0 aromatic heterocycles. The van der Waals surface area contributed by atoms with Crippen LogP contribution in [-0.4, -0.2) is 5.78 Å². The number of benzene rings is 1. The molecule has 0 aliphatic heterocycles. The standard InChI is InChI=1S/C13H14O/c1-13(2)11-7-10(12(13)14)8-5-3-4-6-9(8)11/h3-6,10-11H,7H2,1-2H3. The van der Waals surface area contributed by atoms with Crippen molar-refractivity contribution in [3.8, 4) is 0 Å². The van der Waals surface area contributed by atoms with Gasteiger partial charge in [0.1, 0.15) is 5.78 Å². The number of rotatable bonds is 0. The predicted octanol–water partition coefficient (Wildman–Crippen LogP) is 2.87. The maximum absolute atomic E-state index is 12.1. The van der Waals surface area contributed by atoms with Crippen molar-refractivity contribution in [2.45, 2.75) is 32.1 Å². The molecule has 72 valence electrons. The molecule has 1 saturated carbocycles. The first-order chi connectivity index (χ1) is 6.62. The number of carbonyl (C=O) groups excluding carboxylic acids is 1. The Bertz CT molecular complexity index is 417. The summed E-state index contributed by atoms with van der Waals surface area (Å²) >= 11 is 0. The molecule has 2 unspecified atom stereocenters. The van der Waals surface area contributed by atoms with E-state index in [9.17, 15) is 4.79 Å². The first-order valence-corrected chi connectivity index (χ1v) is 5.25. The summed E-state index contributed by atoms with van der Waals surface area (Å²) in [6.45, 7) is 4.19. The van der Waals surface area contributed by atoms with Crippen LogP contribution in [0.4, 0.5) is 0 Å². The van der Waals surface area contributed by atoms with E-state index in [4.69, 9.17) is 0 Å². The normalized spacial score (nSPS) is 32.0. The molecular weight excluding hydrogens is 172 g/mol. The smallest absolute Gasteiger partial charge is 0.146 e. The molecule has 0 heterocycles. The summed E-state index contributed by atoms with van der Waals surface area (Å²) in [5, 5.41) is 0. The second-order valence-corrected chi connectivity index (χ2v) is 5.06. The van der Waals surface area contributed by atoms with Crippen LogP contribution in [0.3, 0.4) is 0 Å². The van der Waals surface area contributed by atoms with Crippen LogP contribution >= 0.6 is 0 Å². The highest BCUT2D eigenvalue weighted by Crippen LogP contribution is 2.59. The summed E-state index contributed by atoms with van der Waals surface area (Å²) < 4.78 is 0. The summed E-state index contributed by atoms with van der Waals surface area (Å²) in [6.07, 6.45) is 1.05. The highest BCUT2D eigenvalue weighted by Gasteiger charge is 2.54. The van der Waals surface area contributed by atoms with Crippen LogP contribution in [0.5, 0.6) is 0 Å². The topological polar surface area (TPSA) is 17.1 Å². The average Bonchev–Trinajstić information content (AvgIpc) is 2.64. The van der Waals surface area contributed by atoms with Crippen molar-refractivity contribution >= 4 is 5.78 Å². The molecule has 0 radical (unpaired) electrons. The fourth-order valence-corrected chi connectivity index (χ4v) is 3.19. The van der Waals surface area contributed by atoms with Crippen molar-refractivity contribution in [2.24, 2.45) is 5.41 Å². The van der Waals surface area contributed by atoms with E-state index in [1.807, 2.05) is 6.07 Å². The molecule has 2 atom stereocenters. The van der Waals surface area contributed by atoms with E-state index in [0.29, 0.717) is 11.7 Å². The Morgan fingerprint density at radius 2 is 1.86 bits per heavy atom. The summed E-state index contributed by atoms with van der Waals surface area (Å²) in [4.78, 5) is 12.1. The van der Waals surface area contributed by atoms with Crippen molar-refractivity contribution in [1.82, 2.24) is 0 Å². The van der Waals surface area contributed by atoms with Crippen LogP contribution in [0.2, 0.25) is 0 Å². The Hall–Kier alpha value is -1.11. The maximum Gasteiger partial charge on any atom is 0.146 e. The Kier molecular flexibility index (Phi) is 1.34. The highest BCUT2D eigenvalue weighted by molar-refractivity contribution is 5.96. The fraction of sp³-hybridized carbons (Fsp3) is 0.462. The number of Topliss-reactive ketones (excluding diaryl/α,β-unsaturated/α-hetero) is 1. The molecule has 0 N–H and O–H groups in total. The molecule has 1 aromatic carbocycles. The third kappa shape index (κ3) is 0.742. The molecule has 0 amide bonds. The average molecular weight is 186 g/mol. The van der Waals surface area contributed by atoms with Gasteiger partial charge in [-0.2, -0.15) is 0 Å². The number of hydrogen-bond acceptors (Lipinski definition) is 1. The third-order valence-electron chi connectivity index (χ3n) is 4.04. The fourth-order valence-electron chi connectivity index (χ4n) is 3.19. The second kappa shape index (κ2) is 2.28. The molecule has 0 spiro atoms. The zero-order chi connectivity index (χ0) is 9.92. The van der Waals surface area contributed by atoms with Crippen molar-refractivity contribution in [1.29, 1.82) is 0 Å². The van der Waals surface area contributed by atoms with E-state index >= 15 is 0 Å². The Labute approximate surface area is 84.1 Å². The van der Waals surface area contributed by atoms with E-state index in [0.717, 1.165) is 6.42 Å². The minimum absolute atomic E-state index is 0.126. The number of fused-ring (bicyclic) bond motifs is 5. The van der Waals surface area contributed by atoms with Gasteiger partial charge in [0.25, 0.3) is 0 Å². The van der Waals surface area contributed by atoms with E-state index < -0.39 is 0 Å². The van der Waals surface area contributed by atoms with Crippen molar-refractivity contribution in [3.05, 3.63) is 35.4 Å². The predicted molar refractivity (Wildman–Crippen MR) is 55.3 cm³/mol. The third-order valence-corrected chi connectivity index (χ3v) is 4.04. The first kappa shape index (κ1) is 8.22. The number of carbonyl (C=O) groups is 1. The monoisotopic (exact) mass is 186 g/mol. The second-order valence-electron chi connectivity index (χ2n) is 5.06. The Balaban J connectivity index is 2.24. The zero-order valence-electron chi connectivity index (χ0n) is 8.58. The molecule has 1 aromatic rings. The van der Waals surface area contributed by atoms with E-state index in [1.54, 1.807) is 0 Å². The summed E-state index contributed by atoms with van der Waals surface area (Å²) in [5.74, 6) is 1.11. The molecular formula is C13H14O. The van der Waals surface area contributed by atoms with Crippen molar-refractivity contribution in [3.63, 3.8) is 0 Å². The van der Waals surface area contributed by atoms with Crippen molar-refractivity contribution < 1.29 is 4.79 Å². The van der Waals surface area contributed by atoms with Gasteiger partial charge in [0.2, 0.25) is 0 Å². The van der Waals surface area contributed by atoms with Gasteiger partial charge < -0.3 is 0 Å². The Morgan fingerprint density at radius 1 is 1.21 bits per heavy atom. The summed E-state index contributed by atoms with van der Waals surface area (Å²) in [6, 6.07) is 8.43. The van der Waals surface area contributed by atoms with Crippen LogP contribution in [-0.2, 0) is 4.79 Å². The van der Waals surface area contributed by atoms with Gasteiger partial charge in [-0.15, -0.1) is 0 Å². The van der Waals surface area contributed by atoms with Crippen LogP contribution in [0.15, 0.2) is 24.3 Å². The molecule has 1 fully saturated rings. The lowest BCUT2D eigenvalue weighted by Gasteiger charge is -2.29. The lowest BCUT2D eigenvalue weighted by molar-refractivity contribution is -0.126. The molecule has 2 aliphatic carbocycles. The molecule has 0 saturated heterocycles. The van der Waals surface area contributed by atoms with E-state index in [-0.39, 0.29) is 11.3 Å².